The summed E-state index contributed by atoms with van der Waals surface area (Å²) in [5.74, 6) is -0.897. The zero-order valence-electron chi connectivity index (χ0n) is 13.6. The number of ether oxygens (including phenoxy) is 1. The molecule has 21 heavy (non-hydrogen) atoms. The molecule has 2 atom stereocenters. The van der Waals surface area contributed by atoms with Crippen molar-refractivity contribution in [1.82, 2.24) is 9.80 Å². The van der Waals surface area contributed by atoms with E-state index in [1.165, 1.54) is 0 Å². The number of carbonyl (C=O) groups excluding carboxylic acids is 1. The predicted octanol–water partition coefficient (Wildman–Crippen LogP) is 2.18. The van der Waals surface area contributed by atoms with Gasteiger partial charge in [0.25, 0.3) is 0 Å². The van der Waals surface area contributed by atoms with Crippen LogP contribution in [0.4, 0.5) is 4.79 Å². The molecule has 1 fully saturated rings. The standard InChI is InChI=1S/C15H28N2O4/c1-5-12(3)16(10-11-21-4)14(20)17-9-7-8-15(17,6-2)13(18)19/h12H,5-11H2,1-4H3,(H,18,19). The minimum absolute atomic E-state index is 0.0663. The van der Waals surface area contributed by atoms with E-state index in [1.54, 1.807) is 16.9 Å². The van der Waals surface area contributed by atoms with Crippen molar-refractivity contribution in [1.29, 1.82) is 0 Å². The van der Waals surface area contributed by atoms with Crippen molar-refractivity contribution in [2.24, 2.45) is 0 Å². The van der Waals surface area contributed by atoms with Crippen LogP contribution in [0.1, 0.15) is 46.5 Å². The number of nitrogens with zero attached hydrogens (tertiary/aromatic N) is 2. The van der Waals surface area contributed by atoms with Gasteiger partial charge in [0.15, 0.2) is 0 Å². The molecule has 2 unspecified atom stereocenters. The number of aliphatic carboxylic acids is 1. The molecule has 1 aliphatic heterocycles. The quantitative estimate of drug-likeness (QED) is 0.782. The van der Waals surface area contributed by atoms with Gasteiger partial charge in [-0.05, 0) is 32.6 Å². The molecule has 0 aromatic heterocycles. The smallest absolute Gasteiger partial charge is 0.329 e. The van der Waals surface area contributed by atoms with Crippen molar-refractivity contribution >= 4 is 12.0 Å². The number of amides is 2. The number of urea groups is 1. The van der Waals surface area contributed by atoms with E-state index in [-0.39, 0.29) is 12.1 Å². The highest BCUT2D eigenvalue weighted by Gasteiger charge is 2.49. The Morgan fingerprint density at radius 3 is 2.57 bits per heavy atom. The van der Waals surface area contributed by atoms with Gasteiger partial charge in [0.2, 0.25) is 0 Å². The third-order valence-corrected chi connectivity index (χ3v) is 4.61. The van der Waals surface area contributed by atoms with Gasteiger partial charge in [0, 0.05) is 26.2 Å². The third-order valence-electron chi connectivity index (χ3n) is 4.61. The second-order valence-electron chi connectivity index (χ2n) is 5.67. The molecule has 0 aromatic rings. The third kappa shape index (κ3) is 3.48. The number of carbonyl (C=O) groups is 2. The maximum atomic E-state index is 12.9. The summed E-state index contributed by atoms with van der Waals surface area (Å²) in [6.07, 6.45) is 2.54. The first-order valence-corrected chi connectivity index (χ1v) is 7.75. The Kier molecular flexibility index (Phi) is 6.45. The molecule has 0 saturated carbocycles. The molecule has 2 amide bonds. The maximum Gasteiger partial charge on any atom is 0.329 e. The normalized spacial score (nSPS) is 23.1. The largest absolute Gasteiger partial charge is 0.479 e. The van der Waals surface area contributed by atoms with Crippen LogP contribution in [-0.2, 0) is 9.53 Å². The van der Waals surface area contributed by atoms with Gasteiger partial charge in [-0.2, -0.15) is 0 Å². The van der Waals surface area contributed by atoms with Crippen molar-refractivity contribution in [3.8, 4) is 0 Å². The van der Waals surface area contributed by atoms with E-state index in [0.717, 1.165) is 12.8 Å². The van der Waals surface area contributed by atoms with Crippen LogP contribution in [-0.4, -0.2) is 65.3 Å². The Bertz CT molecular complexity index is 375. The SMILES string of the molecule is CCC(C)N(CCOC)C(=O)N1CCCC1(CC)C(=O)O. The van der Waals surface area contributed by atoms with Crippen LogP contribution in [0.25, 0.3) is 0 Å². The molecule has 0 radical (unpaired) electrons. The number of likely N-dealkylation sites (tertiary alicyclic amines) is 1. The Balaban J connectivity index is 2.98. The van der Waals surface area contributed by atoms with Crippen molar-refractivity contribution in [3.05, 3.63) is 0 Å². The van der Waals surface area contributed by atoms with Gasteiger partial charge in [-0.25, -0.2) is 9.59 Å². The summed E-state index contributed by atoms with van der Waals surface area (Å²) in [6, 6.07) is -0.111. The number of methoxy groups -OCH3 is 1. The number of rotatable bonds is 7. The number of carboxylic acids is 1. The van der Waals surface area contributed by atoms with E-state index in [2.05, 4.69) is 0 Å². The molecule has 1 aliphatic rings. The summed E-state index contributed by atoms with van der Waals surface area (Å²) in [5.41, 5.74) is -1.05. The van der Waals surface area contributed by atoms with Gasteiger partial charge in [0.05, 0.1) is 6.61 Å². The molecule has 1 saturated heterocycles. The summed E-state index contributed by atoms with van der Waals surface area (Å²) >= 11 is 0. The summed E-state index contributed by atoms with van der Waals surface area (Å²) in [4.78, 5) is 27.9. The Labute approximate surface area is 127 Å². The molecule has 1 N–H and O–H groups in total. The molecule has 0 bridgehead atoms. The summed E-state index contributed by atoms with van der Waals surface area (Å²) in [6.45, 7) is 7.29. The molecule has 0 aliphatic carbocycles. The minimum atomic E-state index is -1.05. The highest BCUT2D eigenvalue weighted by atomic mass is 16.5. The molecule has 1 heterocycles. The van der Waals surface area contributed by atoms with Crippen molar-refractivity contribution in [3.63, 3.8) is 0 Å². The molecule has 6 heteroatoms. The van der Waals surface area contributed by atoms with E-state index in [4.69, 9.17) is 4.74 Å². The van der Waals surface area contributed by atoms with Gasteiger partial charge < -0.3 is 19.6 Å². The molecular weight excluding hydrogens is 272 g/mol. The van der Waals surface area contributed by atoms with E-state index in [0.29, 0.717) is 32.5 Å². The average molecular weight is 300 g/mol. The van der Waals surface area contributed by atoms with Crippen molar-refractivity contribution in [2.75, 3.05) is 26.8 Å². The van der Waals surface area contributed by atoms with Crippen LogP contribution in [0.3, 0.4) is 0 Å². The molecule has 122 valence electrons. The zero-order chi connectivity index (χ0) is 16.0. The highest BCUT2D eigenvalue weighted by Crippen LogP contribution is 2.34. The van der Waals surface area contributed by atoms with E-state index >= 15 is 0 Å². The molecule has 1 rings (SSSR count). The van der Waals surface area contributed by atoms with Crippen LogP contribution >= 0.6 is 0 Å². The van der Waals surface area contributed by atoms with E-state index in [1.807, 2.05) is 20.8 Å². The second kappa shape index (κ2) is 7.64. The monoisotopic (exact) mass is 300 g/mol. The van der Waals surface area contributed by atoms with E-state index in [9.17, 15) is 14.7 Å². The Morgan fingerprint density at radius 1 is 1.43 bits per heavy atom. The minimum Gasteiger partial charge on any atom is -0.479 e. The van der Waals surface area contributed by atoms with Crippen LogP contribution in [0.5, 0.6) is 0 Å². The average Bonchev–Trinajstić information content (AvgIpc) is 2.92. The molecular formula is C15H28N2O4. The fourth-order valence-electron chi connectivity index (χ4n) is 2.97. The van der Waals surface area contributed by atoms with Gasteiger partial charge >= 0.3 is 12.0 Å². The maximum absolute atomic E-state index is 12.9. The fraction of sp³-hybridized carbons (Fsp3) is 0.867. The van der Waals surface area contributed by atoms with Crippen LogP contribution < -0.4 is 0 Å². The van der Waals surface area contributed by atoms with Gasteiger partial charge in [0.1, 0.15) is 5.54 Å². The second-order valence-corrected chi connectivity index (χ2v) is 5.67. The molecule has 6 nitrogen and oxygen atoms in total. The number of carboxylic acid groups (broad SMARTS) is 1. The number of hydrogen-bond acceptors (Lipinski definition) is 3. The molecule has 0 aromatic carbocycles. The predicted molar refractivity (Wildman–Crippen MR) is 80.3 cm³/mol. The van der Waals surface area contributed by atoms with Crippen LogP contribution in [0.2, 0.25) is 0 Å². The lowest BCUT2D eigenvalue weighted by Crippen LogP contribution is -2.58. The lowest BCUT2D eigenvalue weighted by atomic mass is 9.93. The summed E-state index contributed by atoms with van der Waals surface area (Å²) < 4.78 is 5.08. The lowest BCUT2D eigenvalue weighted by Gasteiger charge is -2.39. The van der Waals surface area contributed by atoms with E-state index < -0.39 is 11.5 Å². The lowest BCUT2D eigenvalue weighted by molar-refractivity contribution is -0.148. The van der Waals surface area contributed by atoms with Gasteiger partial charge in [-0.1, -0.05) is 13.8 Å². The molecule has 0 spiro atoms. The van der Waals surface area contributed by atoms with Gasteiger partial charge in [-0.15, -0.1) is 0 Å². The van der Waals surface area contributed by atoms with Crippen molar-refractivity contribution in [2.45, 2.75) is 58.0 Å². The van der Waals surface area contributed by atoms with Crippen LogP contribution in [0, 0.1) is 0 Å². The fourth-order valence-corrected chi connectivity index (χ4v) is 2.97. The first-order valence-electron chi connectivity index (χ1n) is 7.75. The number of hydrogen-bond donors (Lipinski definition) is 1. The first-order chi connectivity index (χ1) is 9.94. The zero-order valence-corrected chi connectivity index (χ0v) is 13.6. The summed E-state index contributed by atoms with van der Waals surface area (Å²) in [5, 5.41) is 9.60. The highest BCUT2D eigenvalue weighted by molar-refractivity contribution is 5.87. The Morgan fingerprint density at radius 2 is 2.10 bits per heavy atom. The van der Waals surface area contributed by atoms with Crippen LogP contribution in [0.15, 0.2) is 0 Å². The summed E-state index contributed by atoms with van der Waals surface area (Å²) in [7, 11) is 1.60. The Hall–Kier alpha value is -1.30. The topological polar surface area (TPSA) is 70.1 Å². The van der Waals surface area contributed by atoms with Gasteiger partial charge in [-0.3, -0.25) is 0 Å². The first kappa shape index (κ1) is 17.8. The van der Waals surface area contributed by atoms with Crippen molar-refractivity contribution < 1.29 is 19.4 Å².